The molecule has 0 aliphatic rings. The second-order valence-electron chi connectivity index (χ2n) is 4.97. The Hall–Kier alpha value is -2.82. The van der Waals surface area contributed by atoms with Gasteiger partial charge < -0.3 is 4.18 Å². The third-order valence-electron chi connectivity index (χ3n) is 3.24. The van der Waals surface area contributed by atoms with Crippen LogP contribution in [0.4, 0.5) is 22.0 Å². The highest BCUT2D eigenvalue weighted by molar-refractivity contribution is 7.88. The van der Waals surface area contributed by atoms with Crippen molar-refractivity contribution in [2.24, 2.45) is 0 Å². The van der Waals surface area contributed by atoms with Crippen molar-refractivity contribution in [1.29, 1.82) is 0 Å². The summed E-state index contributed by atoms with van der Waals surface area (Å²) in [5, 5.41) is 0.111. The van der Waals surface area contributed by atoms with Crippen molar-refractivity contribution in [3.8, 4) is 17.1 Å². The lowest BCUT2D eigenvalue weighted by Gasteiger charge is -2.11. The van der Waals surface area contributed by atoms with Gasteiger partial charge in [-0.2, -0.15) is 21.6 Å². The summed E-state index contributed by atoms with van der Waals surface area (Å²) in [5.41, 5.74) is -6.61. The summed E-state index contributed by atoms with van der Waals surface area (Å²) in [6.45, 7) is 0. The second-order valence-corrected chi connectivity index (χ2v) is 6.51. The van der Waals surface area contributed by atoms with Crippen LogP contribution in [0.5, 0.6) is 5.75 Å². The van der Waals surface area contributed by atoms with Gasteiger partial charge in [-0.05, 0) is 18.2 Å². The van der Waals surface area contributed by atoms with Gasteiger partial charge in [-0.25, -0.2) is 18.7 Å². The number of hydrogen-bond donors (Lipinski definition) is 0. The van der Waals surface area contributed by atoms with Crippen LogP contribution in [-0.4, -0.2) is 23.9 Å². The smallest absolute Gasteiger partial charge is 0.374 e. The van der Waals surface area contributed by atoms with Crippen LogP contribution in [-0.2, 0) is 10.1 Å². The maximum Gasteiger partial charge on any atom is 0.534 e. The number of fused-ring (bicyclic) bond motifs is 1. The molecule has 3 aromatic rings. The Bertz CT molecular complexity index is 1080. The summed E-state index contributed by atoms with van der Waals surface area (Å²) in [6.07, 6.45) is 1.08. The lowest BCUT2D eigenvalue weighted by Crippen LogP contribution is -2.28. The highest BCUT2D eigenvalue weighted by Crippen LogP contribution is 2.32. The third-order valence-corrected chi connectivity index (χ3v) is 4.21. The quantitative estimate of drug-likeness (QED) is 0.387. The van der Waals surface area contributed by atoms with Crippen LogP contribution in [0.1, 0.15) is 0 Å². The molecule has 5 nitrogen and oxygen atoms in total. The molecule has 136 valence electrons. The molecule has 0 amide bonds. The molecule has 0 bridgehead atoms. The van der Waals surface area contributed by atoms with Gasteiger partial charge in [0, 0.05) is 11.6 Å². The molecule has 0 spiro atoms. The van der Waals surface area contributed by atoms with Crippen LogP contribution in [0.15, 0.2) is 42.6 Å². The van der Waals surface area contributed by atoms with Crippen LogP contribution in [0, 0.1) is 11.6 Å². The molecular weight excluding hydrogens is 383 g/mol. The molecule has 3 rings (SSSR count). The second kappa shape index (κ2) is 6.16. The molecule has 0 aliphatic heterocycles. The molecule has 1 aromatic heterocycles. The minimum Gasteiger partial charge on any atom is -0.374 e. The zero-order valence-corrected chi connectivity index (χ0v) is 13.3. The van der Waals surface area contributed by atoms with Gasteiger partial charge in [0.15, 0.2) is 11.6 Å². The van der Waals surface area contributed by atoms with E-state index in [-0.39, 0.29) is 10.9 Å². The molecule has 0 saturated carbocycles. The minimum atomic E-state index is -5.94. The fourth-order valence-corrected chi connectivity index (χ4v) is 2.56. The molecule has 0 N–H and O–H groups in total. The Morgan fingerprint density at radius 2 is 1.58 bits per heavy atom. The van der Waals surface area contributed by atoms with E-state index in [9.17, 15) is 30.4 Å². The molecule has 0 radical (unpaired) electrons. The molecule has 2 aromatic carbocycles. The average Bonchev–Trinajstić information content (AvgIpc) is 2.54. The molecule has 1 heterocycles. The SMILES string of the molecule is O=S(=O)(Oc1cccc2cnc(-c3c(F)cccc3F)nc12)C(F)(F)F. The van der Waals surface area contributed by atoms with Crippen molar-refractivity contribution in [3.63, 3.8) is 0 Å². The first-order chi connectivity index (χ1) is 12.1. The monoisotopic (exact) mass is 390 g/mol. The van der Waals surface area contributed by atoms with E-state index in [4.69, 9.17) is 0 Å². The maximum absolute atomic E-state index is 13.9. The van der Waals surface area contributed by atoms with Gasteiger partial charge in [0.2, 0.25) is 0 Å². The lowest BCUT2D eigenvalue weighted by molar-refractivity contribution is -0.0499. The van der Waals surface area contributed by atoms with E-state index < -0.39 is 44.4 Å². The summed E-state index contributed by atoms with van der Waals surface area (Å²) in [4.78, 5) is 7.55. The molecule has 0 fully saturated rings. The largest absolute Gasteiger partial charge is 0.534 e. The van der Waals surface area contributed by atoms with Gasteiger partial charge >= 0.3 is 15.6 Å². The van der Waals surface area contributed by atoms with Crippen LogP contribution in [0.2, 0.25) is 0 Å². The van der Waals surface area contributed by atoms with Crippen molar-refractivity contribution in [3.05, 3.63) is 54.2 Å². The highest BCUT2D eigenvalue weighted by atomic mass is 32.2. The van der Waals surface area contributed by atoms with E-state index >= 15 is 0 Å². The molecule has 0 unspecified atom stereocenters. The fraction of sp³-hybridized carbons (Fsp3) is 0.0667. The predicted octanol–water partition coefficient (Wildman–Crippen LogP) is 3.80. The minimum absolute atomic E-state index is 0.111. The number of alkyl halides is 3. The summed E-state index contributed by atoms with van der Waals surface area (Å²) in [5.74, 6) is -3.22. The average molecular weight is 390 g/mol. The molecule has 26 heavy (non-hydrogen) atoms. The van der Waals surface area contributed by atoms with Crippen LogP contribution in [0.25, 0.3) is 22.3 Å². The van der Waals surface area contributed by atoms with E-state index in [2.05, 4.69) is 14.2 Å². The van der Waals surface area contributed by atoms with Gasteiger partial charge in [0.05, 0.1) is 5.56 Å². The van der Waals surface area contributed by atoms with Gasteiger partial charge in [-0.1, -0.05) is 18.2 Å². The summed E-state index contributed by atoms with van der Waals surface area (Å²) in [7, 11) is -5.94. The van der Waals surface area contributed by atoms with Crippen molar-refractivity contribution >= 4 is 21.0 Å². The van der Waals surface area contributed by atoms with Crippen molar-refractivity contribution in [2.45, 2.75) is 5.51 Å². The first kappa shape index (κ1) is 18.0. The van der Waals surface area contributed by atoms with Gasteiger partial charge in [-0.3, -0.25) is 0 Å². The number of aromatic nitrogens is 2. The van der Waals surface area contributed by atoms with E-state index in [1.54, 1.807) is 0 Å². The Balaban J connectivity index is 2.19. The number of para-hydroxylation sites is 1. The van der Waals surface area contributed by atoms with E-state index in [1.807, 2.05) is 0 Å². The number of nitrogens with zero attached hydrogens (tertiary/aromatic N) is 2. The Morgan fingerprint density at radius 3 is 2.19 bits per heavy atom. The number of hydrogen-bond acceptors (Lipinski definition) is 5. The van der Waals surface area contributed by atoms with Crippen molar-refractivity contribution in [2.75, 3.05) is 0 Å². The molecule has 11 heteroatoms. The topological polar surface area (TPSA) is 69.2 Å². The molecule has 0 aliphatic carbocycles. The van der Waals surface area contributed by atoms with Crippen LogP contribution >= 0.6 is 0 Å². The Labute approximate surface area is 143 Å². The Morgan fingerprint density at radius 1 is 0.962 bits per heavy atom. The standard InChI is InChI=1S/C15H7F5N2O3S/c16-9-4-2-5-10(17)12(9)14-21-7-8-3-1-6-11(13(8)22-14)25-26(23,24)15(18,19)20/h1-7H. The zero-order chi connectivity index (χ0) is 19.1. The normalized spacial score (nSPS) is 12.3. The number of halogens is 5. The number of benzene rings is 2. The van der Waals surface area contributed by atoms with E-state index in [1.165, 1.54) is 12.1 Å². The first-order valence-electron chi connectivity index (χ1n) is 6.81. The van der Waals surface area contributed by atoms with Gasteiger partial charge in [0.25, 0.3) is 0 Å². The molecule has 0 saturated heterocycles. The van der Waals surface area contributed by atoms with Crippen molar-refractivity contribution in [1.82, 2.24) is 9.97 Å². The predicted molar refractivity (Wildman–Crippen MR) is 80.5 cm³/mol. The zero-order valence-electron chi connectivity index (χ0n) is 12.5. The summed E-state index contributed by atoms with van der Waals surface area (Å²) < 4.78 is 91.8. The van der Waals surface area contributed by atoms with E-state index in [0.29, 0.717) is 0 Å². The van der Waals surface area contributed by atoms with Crippen LogP contribution in [0.3, 0.4) is 0 Å². The fourth-order valence-electron chi connectivity index (χ4n) is 2.09. The summed E-state index contributed by atoms with van der Waals surface area (Å²) >= 11 is 0. The van der Waals surface area contributed by atoms with Gasteiger partial charge in [0.1, 0.15) is 17.2 Å². The Kier molecular flexibility index (Phi) is 4.26. The first-order valence-corrected chi connectivity index (χ1v) is 8.22. The third kappa shape index (κ3) is 3.17. The lowest BCUT2D eigenvalue weighted by atomic mass is 10.1. The number of rotatable bonds is 3. The molecule has 0 atom stereocenters. The maximum atomic E-state index is 13.9. The van der Waals surface area contributed by atoms with Crippen molar-refractivity contribution < 1.29 is 34.6 Å². The summed E-state index contributed by atoms with van der Waals surface area (Å²) in [6, 6.07) is 6.52. The van der Waals surface area contributed by atoms with Gasteiger partial charge in [-0.15, -0.1) is 0 Å². The van der Waals surface area contributed by atoms with E-state index in [0.717, 1.165) is 30.5 Å². The highest BCUT2D eigenvalue weighted by Gasteiger charge is 2.48. The van der Waals surface area contributed by atoms with Crippen LogP contribution < -0.4 is 4.18 Å². The molecular formula is C15H7F5N2O3S.